The van der Waals surface area contributed by atoms with E-state index in [1.165, 1.54) is 12.1 Å². The second kappa shape index (κ2) is 6.44. The number of anilines is 2. The van der Waals surface area contributed by atoms with E-state index in [0.717, 1.165) is 10.5 Å². The molecule has 0 spiro atoms. The van der Waals surface area contributed by atoms with Crippen molar-refractivity contribution in [1.82, 2.24) is 0 Å². The lowest BCUT2D eigenvalue weighted by Crippen LogP contribution is -2.31. The van der Waals surface area contributed by atoms with E-state index in [4.69, 9.17) is 0 Å². The lowest BCUT2D eigenvalue weighted by Gasteiger charge is -2.09. The monoisotopic (exact) mass is 403 g/mol. The topological polar surface area (TPSA) is 118 Å². The Labute approximate surface area is 149 Å². The minimum absolute atomic E-state index is 0.121. The van der Waals surface area contributed by atoms with Crippen LogP contribution in [0.2, 0.25) is 0 Å². The fraction of sp³-hybridized carbons (Fsp3) is 0.0625. The van der Waals surface area contributed by atoms with Gasteiger partial charge in [-0.25, -0.2) is 0 Å². The quantitative estimate of drug-likeness (QED) is 0.352. The third kappa shape index (κ3) is 3.26. The summed E-state index contributed by atoms with van der Waals surface area (Å²) in [6, 6.07) is 10.2. The maximum absolute atomic E-state index is 12.4. The number of rotatable bonds is 4. The highest BCUT2D eigenvalue weighted by Gasteiger charge is 2.40. The van der Waals surface area contributed by atoms with Crippen molar-refractivity contribution in [2.45, 2.75) is 5.92 Å². The van der Waals surface area contributed by atoms with Gasteiger partial charge in [0.1, 0.15) is 5.92 Å². The molecule has 1 heterocycles. The first kappa shape index (κ1) is 16.8. The smallest absolute Gasteiger partial charge is 0.292 e. The molecule has 25 heavy (non-hydrogen) atoms. The third-order valence-corrected chi connectivity index (χ3v) is 4.19. The predicted molar refractivity (Wildman–Crippen MR) is 92.2 cm³/mol. The van der Waals surface area contributed by atoms with Crippen molar-refractivity contribution in [2.75, 3.05) is 10.6 Å². The van der Waals surface area contributed by atoms with Crippen LogP contribution in [0.15, 0.2) is 46.9 Å². The zero-order valence-corrected chi connectivity index (χ0v) is 14.1. The zero-order chi connectivity index (χ0) is 18.1. The lowest BCUT2D eigenvalue weighted by molar-refractivity contribution is -0.384. The summed E-state index contributed by atoms with van der Waals surface area (Å²) >= 11 is 3.25. The maximum Gasteiger partial charge on any atom is 0.292 e. The molecular formula is C16H10BrN3O5. The number of hydrogen-bond donors (Lipinski definition) is 2. The summed E-state index contributed by atoms with van der Waals surface area (Å²) in [4.78, 5) is 46.9. The van der Waals surface area contributed by atoms with Crippen LogP contribution in [0.3, 0.4) is 0 Å². The van der Waals surface area contributed by atoms with Gasteiger partial charge in [-0.15, -0.1) is 0 Å². The number of Topliss-reactive ketones (excluding diaryl/α,β-unsaturated/α-hetero) is 1. The summed E-state index contributed by atoms with van der Waals surface area (Å²) < 4.78 is 0.799. The van der Waals surface area contributed by atoms with E-state index in [-0.39, 0.29) is 16.9 Å². The Kier molecular flexibility index (Phi) is 4.32. The molecule has 1 aliphatic heterocycles. The number of fused-ring (bicyclic) bond motifs is 1. The van der Waals surface area contributed by atoms with Gasteiger partial charge in [0.2, 0.25) is 11.7 Å². The molecule has 0 bridgehead atoms. The molecule has 2 aromatic carbocycles. The van der Waals surface area contributed by atoms with E-state index in [9.17, 15) is 24.5 Å². The van der Waals surface area contributed by atoms with E-state index in [1.807, 2.05) is 0 Å². The summed E-state index contributed by atoms with van der Waals surface area (Å²) in [5, 5.41) is 15.8. The molecule has 1 unspecified atom stereocenters. The third-order valence-electron chi connectivity index (χ3n) is 3.67. The Morgan fingerprint density at radius 2 is 1.84 bits per heavy atom. The molecule has 126 valence electrons. The average Bonchev–Trinajstić information content (AvgIpc) is 2.91. The molecule has 0 radical (unpaired) electrons. The average molecular weight is 404 g/mol. The Balaban J connectivity index is 1.86. The van der Waals surface area contributed by atoms with Gasteiger partial charge in [0, 0.05) is 33.5 Å². The molecule has 2 amide bonds. The van der Waals surface area contributed by atoms with Gasteiger partial charge in [-0.05, 0) is 30.3 Å². The van der Waals surface area contributed by atoms with Crippen molar-refractivity contribution in [1.29, 1.82) is 0 Å². The molecule has 0 aromatic heterocycles. The predicted octanol–water partition coefficient (Wildman–Crippen LogP) is 2.60. The number of nitrogens with one attached hydrogen (secondary N) is 2. The van der Waals surface area contributed by atoms with Gasteiger partial charge in [-0.3, -0.25) is 24.5 Å². The van der Waals surface area contributed by atoms with Crippen LogP contribution in [0.4, 0.5) is 17.1 Å². The van der Waals surface area contributed by atoms with Crippen LogP contribution >= 0.6 is 15.9 Å². The number of hydrogen-bond acceptors (Lipinski definition) is 5. The van der Waals surface area contributed by atoms with Crippen molar-refractivity contribution >= 4 is 50.6 Å². The number of carbonyl (C=O) groups is 3. The SMILES string of the molecule is O=C(Nc1ccc(Br)cc1)C(=O)C1C(=O)Nc2ccc([N+](=O)[O-])cc21. The van der Waals surface area contributed by atoms with Gasteiger partial charge < -0.3 is 10.6 Å². The van der Waals surface area contributed by atoms with E-state index in [2.05, 4.69) is 26.6 Å². The highest BCUT2D eigenvalue weighted by molar-refractivity contribution is 9.10. The fourth-order valence-corrected chi connectivity index (χ4v) is 2.74. The molecule has 9 heteroatoms. The number of nitrogens with zero attached hydrogens (tertiary/aromatic N) is 1. The molecule has 3 rings (SSSR count). The molecular weight excluding hydrogens is 394 g/mol. The largest absolute Gasteiger partial charge is 0.325 e. The molecule has 8 nitrogen and oxygen atoms in total. The van der Waals surface area contributed by atoms with Crippen LogP contribution in [0, 0.1) is 10.1 Å². The molecule has 1 atom stereocenters. The Hall–Kier alpha value is -3.07. The molecule has 0 saturated carbocycles. The number of halogens is 1. The number of benzene rings is 2. The second-order valence-electron chi connectivity index (χ2n) is 5.28. The highest BCUT2D eigenvalue weighted by Crippen LogP contribution is 2.35. The van der Waals surface area contributed by atoms with Crippen LogP contribution in [0.5, 0.6) is 0 Å². The minimum Gasteiger partial charge on any atom is -0.325 e. The van der Waals surface area contributed by atoms with Crippen LogP contribution in [0.1, 0.15) is 11.5 Å². The number of nitro benzene ring substituents is 1. The van der Waals surface area contributed by atoms with Crippen molar-refractivity contribution in [3.8, 4) is 0 Å². The fourth-order valence-electron chi connectivity index (χ4n) is 2.48. The number of amides is 2. The van der Waals surface area contributed by atoms with Crippen molar-refractivity contribution in [3.63, 3.8) is 0 Å². The van der Waals surface area contributed by atoms with Gasteiger partial charge in [0.15, 0.2) is 0 Å². The van der Waals surface area contributed by atoms with Gasteiger partial charge in [0.25, 0.3) is 11.6 Å². The van der Waals surface area contributed by atoms with E-state index < -0.39 is 28.4 Å². The lowest BCUT2D eigenvalue weighted by atomic mass is 9.95. The summed E-state index contributed by atoms with van der Waals surface area (Å²) in [6.07, 6.45) is 0. The number of ketones is 1. The first-order valence-corrected chi connectivity index (χ1v) is 7.86. The van der Waals surface area contributed by atoms with E-state index >= 15 is 0 Å². The van der Waals surface area contributed by atoms with E-state index in [0.29, 0.717) is 5.69 Å². The molecule has 1 aliphatic rings. The maximum atomic E-state index is 12.4. The highest BCUT2D eigenvalue weighted by atomic mass is 79.9. The van der Waals surface area contributed by atoms with E-state index in [1.54, 1.807) is 24.3 Å². The summed E-state index contributed by atoms with van der Waals surface area (Å²) in [5.74, 6) is -4.06. The second-order valence-corrected chi connectivity index (χ2v) is 6.19. The molecule has 2 aromatic rings. The Morgan fingerprint density at radius 1 is 1.16 bits per heavy atom. The molecule has 0 aliphatic carbocycles. The normalized spacial score (nSPS) is 15.2. The number of nitro groups is 1. The van der Waals surface area contributed by atoms with Crippen molar-refractivity contribution < 1.29 is 19.3 Å². The van der Waals surface area contributed by atoms with Crippen LogP contribution in [-0.2, 0) is 14.4 Å². The van der Waals surface area contributed by atoms with Gasteiger partial charge >= 0.3 is 0 Å². The standard InChI is InChI=1S/C16H10BrN3O5/c17-8-1-3-9(4-2-8)18-16(23)14(21)13-11-7-10(20(24)25)5-6-12(11)19-15(13)22/h1-7,13H,(H,18,23)(H,19,22). The number of carbonyl (C=O) groups excluding carboxylic acids is 3. The van der Waals surface area contributed by atoms with Gasteiger partial charge in [-0.1, -0.05) is 15.9 Å². The van der Waals surface area contributed by atoms with Crippen LogP contribution < -0.4 is 10.6 Å². The van der Waals surface area contributed by atoms with Crippen LogP contribution in [0.25, 0.3) is 0 Å². The summed E-state index contributed by atoms with van der Waals surface area (Å²) in [7, 11) is 0. The van der Waals surface area contributed by atoms with Gasteiger partial charge in [0.05, 0.1) is 4.92 Å². The number of non-ortho nitro benzene ring substituents is 1. The zero-order valence-electron chi connectivity index (χ0n) is 12.5. The molecule has 0 fully saturated rings. The first-order valence-electron chi connectivity index (χ1n) is 7.07. The van der Waals surface area contributed by atoms with Crippen molar-refractivity contribution in [3.05, 3.63) is 62.6 Å². The summed E-state index contributed by atoms with van der Waals surface area (Å²) in [5.41, 5.74) is 0.529. The van der Waals surface area contributed by atoms with Crippen LogP contribution in [-0.4, -0.2) is 22.5 Å². The minimum atomic E-state index is -1.41. The summed E-state index contributed by atoms with van der Waals surface area (Å²) in [6.45, 7) is 0. The Bertz CT molecular complexity index is 910. The molecule has 2 N–H and O–H groups in total. The van der Waals surface area contributed by atoms with Crippen molar-refractivity contribution in [2.24, 2.45) is 0 Å². The van der Waals surface area contributed by atoms with Gasteiger partial charge in [-0.2, -0.15) is 0 Å². The molecule has 0 saturated heterocycles. The Morgan fingerprint density at radius 3 is 2.48 bits per heavy atom. The first-order chi connectivity index (χ1) is 11.9.